The van der Waals surface area contributed by atoms with Crippen molar-refractivity contribution in [3.8, 4) is 0 Å². The zero-order valence-electron chi connectivity index (χ0n) is 59.3. The molecule has 0 aliphatic heterocycles. The minimum Gasteiger partial charge on any atom is -0.756 e. The van der Waals surface area contributed by atoms with Gasteiger partial charge in [0.2, 0.25) is 5.91 Å². The molecule has 0 aromatic carbocycles. The van der Waals surface area contributed by atoms with Gasteiger partial charge in [-0.15, -0.1) is 0 Å². The molecule has 87 heavy (non-hydrogen) atoms. The number of carbonyl (C=O) groups is 1. The topological polar surface area (TPSA) is 108 Å². The number of amides is 1. The molecule has 3 unspecified atom stereocenters. The number of rotatable bonds is 73. The fraction of sp³-hybridized carbons (Fsp3) is 0.910. The van der Waals surface area contributed by atoms with E-state index in [1.807, 2.05) is 27.2 Å². The minimum absolute atomic E-state index is 0.00142. The summed E-state index contributed by atoms with van der Waals surface area (Å²) in [7, 11) is 1.28. The molecule has 0 fully saturated rings. The Morgan fingerprint density at radius 2 is 0.667 bits per heavy atom. The summed E-state index contributed by atoms with van der Waals surface area (Å²) in [5, 5.41) is 14.0. The molecule has 0 rings (SSSR count). The lowest BCUT2D eigenvalue weighted by molar-refractivity contribution is -0.870. The molecule has 0 saturated heterocycles. The van der Waals surface area contributed by atoms with Crippen molar-refractivity contribution in [2.24, 2.45) is 0 Å². The normalized spacial score (nSPS) is 13.7. The number of phosphoric ester groups is 1. The third-order valence-corrected chi connectivity index (χ3v) is 19.1. The smallest absolute Gasteiger partial charge is 0.268 e. The van der Waals surface area contributed by atoms with Gasteiger partial charge in [-0.25, -0.2) is 0 Å². The van der Waals surface area contributed by atoms with E-state index >= 15 is 0 Å². The summed E-state index contributed by atoms with van der Waals surface area (Å²) in [5.41, 5.74) is 0. The van der Waals surface area contributed by atoms with Crippen molar-refractivity contribution in [3.63, 3.8) is 0 Å². The Labute approximate surface area is 544 Å². The van der Waals surface area contributed by atoms with E-state index < -0.39 is 20.0 Å². The number of quaternary nitrogens is 1. The zero-order valence-corrected chi connectivity index (χ0v) is 60.2. The predicted molar refractivity (Wildman–Crippen MR) is 381 cm³/mol. The first-order valence-corrected chi connectivity index (χ1v) is 40.3. The first-order chi connectivity index (χ1) is 42.5. The van der Waals surface area contributed by atoms with Crippen LogP contribution < -0.4 is 10.2 Å². The molecule has 2 N–H and O–H groups in total. The molecule has 0 aliphatic carbocycles. The van der Waals surface area contributed by atoms with Crippen molar-refractivity contribution in [2.45, 2.75) is 418 Å². The Bertz CT molecular complexity index is 1510. The van der Waals surface area contributed by atoms with Crippen molar-refractivity contribution in [3.05, 3.63) is 36.5 Å². The highest BCUT2D eigenvalue weighted by molar-refractivity contribution is 7.45. The average molecular weight is 1250 g/mol. The third kappa shape index (κ3) is 72.0. The van der Waals surface area contributed by atoms with Crippen molar-refractivity contribution >= 4 is 13.7 Å². The number of phosphoric acid groups is 1. The van der Waals surface area contributed by atoms with Crippen LogP contribution in [0.3, 0.4) is 0 Å². The summed E-state index contributed by atoms with van der Waals surface area (Å²) in [6.45, 7) is 4.71. The van der Waals surface area contributed by atoms with Crippen LogP contribution in [0.1, 0.15) is 406 Å². The van der Waals surface area contributed by atoms with Gasteiger partial charge < -0.3 is 28.8 Å². The summed E-state index contributed by atoms with van der Waals surface area (Å²) in [6.07, 6.45) is 93.0. The summed E-state index contributed by atoms with van der Waals surface area (Å²) < 4.78 is 23.5. The van der Waals surface area contributed by atoms with E-state index in [4.69, 9.17) is 9.05 Å². The molecule has 1 amide bonds. The quantitative estimate of drug-likeness (QED) is 0.0272. The van der Waals surface area contributed by atoms with Crippen LogP contribution in [0.4, 0.5) is 0 Å². The highest BCUT2D eigenvalue weighted by atomic mass is 31.2. The highest BCUT2D eigenvalue weighted by Crippen LogP contribution is 2.38. The average Bonchev–Trinajstić information content (AvgIpc) is 3.71. The fourth-order valence-electron chi connectivity index (χ4n) is 12.1. The Morgan fingerprint density at radius 3 is 0.954 bits per heavy atom. The van der Waals surface area contributed by atoms with E-state index in [0.717, 1.165) is 44.9 Å². The van der Waals surface area contributed by atoms with Crippen LogP contribution in [0.25, 0.3) is 0 Å². The molecule has 0 heterocycles. The van der Waals surface area contributed by atoms with Gasteiger partial charge in [0.05, 0.1) is 39.9 Å². The number of aliphatic hydroxyl groups excluding tert-OH is 1. The van der Waals surface area contributed by atoms with Gasteiger partial charge in [-0.2, -0.15) is 0 Å². The van der Waals surface area contributed by atoms with Gasteiger partial charge in [0.15, 0.2) is 0 Å². The number of likely N-dealkylation sites (N-methyl/N-ethyl adjacent to an activating group) is 1. The molecule has 0 aromatic rings. The lowest BCUT2D eigenvalue weighted by Gasteiger charge is -2.29. The van der Waals surface area contributed by atoms with E-state index in [2.05, 4.69) is 43.5 Å². The molecule has 0 radical (unpaired) electrons. The van der Waals surface area contributed by atoms with E-state index in [1.54, 1.807) is 6.08 Å². The van der Waals surface area contributed by atoms with Crippen molar-refractivity contribution < 1.29 is 32.9 Å². The number of nitrogens with zero attached hydrogens (tertiary/aromatic N) is 1. The summed E-state index contributed by atoms with van der Waals surface area (Å²) in [6, 6.07) is -0.887. The Morgan fingerprint density at radius 1 is 0.402 bits per heavy atom. The van der Waals surface area contributed by atoms with Crippen LogP contribution in [0.5, 0.6) is 0 Å². The molecule has 0 aliphatic rings. The zero-order chi connectivity index (χ0) is 63.4. The van der Waals surface area contributed by atoms with E-state index in [9.17, 15) is 19.4 Å². The van der Waals surface area contributed by atoms with Gasteiger partial charge in [0.1, 0.15) is 13.2 Å². The Balaban J connectivity index is 3.97. The number of hydrogen-bond donors (Lipinski definition) is 2. The second-order valence-corrected chi connectivity index (χ2v) is 29.5. The first kappa shape index (κ1) is 85.7. The number of allylic oxidation sites excluding steroid dienone is 5. The lowest BCUT2D eigenvalue weighted by atomic mass is 10.0. The van der Waals surface area contributed by atoms with E-state index in [-0.39, 0.29) is 19.1 Å². The molecule has 516 valence electrons. The molecule has 0 spiro atoms. The van der Waals surface area contributed by atoms with Gasteiger partial charge in [-0.1, -0.05) is 384 Å². The third-order valence-electron chi connectivity index (χ3n) is 18.1. The van der Waals surface area contributed by atoms with Gasteiger partial charge >= 0.3 is 0 Å². The van der Waals surface area contributed by atoms with Gasteiger partial charge in [0, 0.05) is 6.42 Å². The molecule has 8 nitrogen and oxygen atoms in total. The number of aliphatic hydroxyl groups is 1. The maximum atomic E-state index is 13.1. The molecular weight excluding hydrogens is 1090 g/mol. The van der Waals surface area contributed by atoms with Gasteiger partial charge in [0.25, 0.3) is 7.82 Å². The Kier molecular flexibility index (Phi) is 68.1. The molecule has 3 atom stereocenters. The van der Waals surface area contributed by atoms with Crippen LogP contribution >= 0.6 is 7.82 Å². The molecule has 0 aromatic heterocycles. The SMILES string of the molecule is CCCCCCC/C=C\C/C=C\CCCCCCCCCCCCCCCCCCCCCCCC(=O)NC(COP(=O)([O-])OCC[N+](C)(C)C)C(O)/C=C/CCCCCCCCCCCCCCCCCCCCCCCCCCCCCCCC. The summed E-state index contributed by atoms with van der Waals surface area (Å²) in [5.74, 6) is -0.188. The van der Waals surface area contributed by atoms with Crippen LogP contribution in [0.15, 0.2) is 36.5 Å². The van der Waals surface area contributed by atoms with Crippen LogP contribution in [-0.4, -0.2) is 68.5 Å². The largest absolute Gasteiger partial charge is 0.756 e. The first-order valence-electron chi connectivity index (χ1n) is 38.9. The standard InChI is InChI=1S/C78H153N2O6P/c1-6-8-10-12-14-16-18-20-22-24-26-28-30-32-34-36-38-40-42-44-46-48-50-52-54-56-58-60-62-64-66-68-70-72-78(82)79-76(75-86-87(83,84)85-74-73-80(3,4)5)77(81)71-69-67-65-63-61-59-57-55-53-51-49-47-45-43-41-39-37-35-33-31-29-27-25-23-21-19-17-15-13-11-9-7-2/h18,20,24,26,69,71,76-77,81H,6-17,19,21-23,25,27-68,70,72-75H2,1-5H3,(H-,79,82,83,84)/b20-18-,26-24-,71-69+. The number of nitrogens with one attached hydrogen (secondary N) is 1. The molecule has 0 saturated carbocycles. The van der Waals surface area contributed by atoms with Crippen LogP contribution in [0, 0.1) is 0 Å². The summed E-state index contributed by atoms with van der Waals surface area (Å²) in [4.78, 5) is 25.7. The van der Waals surface area contributed by atoms with Crippen molar-refractivity contribution in [1.82, 2.24) is 5.32 Å². The van der Waals surface area contributed by atoms with Crippen LogP contribution in [0.2, 0.25) is 0 Å². The van der Waals surface area contributed by atoms with Gasteiger partial charge in [-0.3, -0.25) is 9.36 Å². The minimum atomic E-state index is -4.61. The second-order valence-electron chi connectivity index (χ2n) is 28.1. The lowest BCUT2D eigenvalue weighted by Crippen LogP contribution is -2.45. The van der Waals surface area contributed by atoms with Crippen molar-refractivity contribution in [2.75, 3.05) is 40.9 Å². The maximum Gasteiger partial charge on any atom is 0.268 e. The number of carbonyl (C=O) groups excluding carboxylic acids is 1. The van der Waals surface area contributed by atoms with E-state index in [0.29, 0.717) is 17.4 Å². The van der Waals surface area contributed by atoms with Gasteiger partial charge in [-0.05, 0) is 51.4 Å². The molecular formula is C78H153N2O6P. The molecule has 9 heteroatoms. The van der Waals surface area contributed by atoms with E-state index in [1.165, 1.54) is 340 Å². The highest BCUT2D eigenvalue weighted by Gasteiger charge is 2.23. The maximum absolute atomic E-state index is 13.1. The van der Waals surface area contributed by atoms with Crippen molar-refractivity contribution in [1.29, 1.82) is 0 Å². The second kappa shape index (κ2) is 69.1. The molecule has 0 bridgehead atoms. The summed E-state index contributed by atoms with van der Waals surface area (Å²) >= 11 is 0. The number of hydrogen-bond acceptors (Lipinski definition) is 6. The predicted octanol–water partition coefficient (Wildman–Crippen LogP) is 24.5. The monoisotopic (exact) mass is 1250 g/mol. The number of unbranched alkanes of at least 4 members (excludes halogenated alkanes) is 56. The Hall–Kier alpha value is -1.28. The fourth-order valence-corrected chi connectivity index (χ4v) is 12.8. The van der Waals surface area contributed by atoms with Crippen LogP contribution in [-0.2, 0) is 18.4 Å².